The molecule has 0 spiro atoms. The Labute approximate surface area is 151 Å². The van der Waals surface area contributed by atoms with Gasteiger partial charge in [-0.05, 0) is 0 Å². The minimum absolute atomic E-state index is 0. The van der Waals surface area contributed by atoms with E-state index in [4.69, 9.17) is 10.2 Å². The predicted octanol–water partition coefficient (Wildman–Crippen LogP) is 0.693. The van der Waals surface area contributed by atoms with Crippen LogP contribution in [0.1, 0.15) is 33.9 Å². The zero-order chi connectivity index (χ0) is 16.0. The molecule has 0 amide bonds. The average molecular weight is 367 g/mol. The van der Waals surface area contributed by atoms with Crippen LogP contribution in [0.5, 0.6) is 0 Å². The molecule has 0 atom stereocenters. The molecule has 0 aromatic carbocycles. The Morgan fingerprint density at radius 1 is 0.783 bits per heavy atom. The van der Waals surface area contributed by atoms with Crippen LogP contribution in [0.3, 0.4) is 0 Å². The first kappa shape index (κ1) is 18.2. The maximum absolute atomic E-state index is 4.87. The van der Waals surface area contributed by atoms with Crippen molar-refractivity contribution in [1.82, 2.24) is 16.5 Å². The van der Waals surface area contributed by atoms with Crippen LogP contribution in [0, 0.1) is 41.5 Å². The van der Waals surface area contributed by atoms with Crippen LogP contribution in [0.2, 0.25) is 4.22 Å². The van der Waals surface area contributed by atoms with Crippen LogP contribution in [-0.4, -0.2) is 16.5 Å². The minimum Gasteiger partial charge on any atom is -1.00 e. The minimum atomic E-state index is -2.00. The fourth-order valence-electron chi connectivity index (χ4n) is 2.86. The van der Waals surface area contributed by atoms with Crippen molar-refractivity contribution in [3.63, 3.8) is 0 Å². The standard InChI is InChI=1S/2C6H9N2.C5H5.ClH.Ti/c2*1-4-5(2)7-8-6(4)3;1-2-4-5-3-1;;/h2*1-3H3;1-5H;1H;/q2*-1;;;+3/p-1. The first-order valence-electron chi connectivity index (χ1n) is 7.70. The number of hydrogen-bond donors (Lipinski definition) is 0. The summed E-state index contributed by atoms with van der Waals surface area (Å²) in [5.74, 6) is 0. The monoisotopic (exact) mass is 366 g/mol. The molecule has 6 heteroatoms. The topological polar surface area (TPSA) is 35.6 Å². The van der Waals surface area contributed by atoms with Gasteiger partial charge in [-0.15, -0.1) is 0 Å². The molecule has 2 aromatic heterocycles. The molecule has 122 valence electrons. The van der Waals surface area contributed by atoms with Gasteiger partial charge in [-0.2, -0.15) is 0 Å². The van der Waals surface area contributed by atoms with Crippen LogP contribution in [-0.2, 0) is 18.4 Å². The molecular weight excluding hydrogens is 344 g/mol. The fourth-order valence-corrected chi connectivity index (χ4v) is 7.30. The summed E-state index contributed by atoms with van der Waals surface area (Å²) in [7, 11) is 0. The molecule has 4 nitrogen and oxygen atoms in total. The summed E-state index contributed by atoms with van der Waals surface area (Å²) in [5.41, 5.74) is 7.43. The Morgan fingerprint density at radius 2 is 1.17 bits per heavy atom. The molecule has 0 bridgehead atoms. The number of aryl methyl sites for hydroxylation is 2. The molecule has 1 aliphatic rings. The van der Waals surface area contributed by atoms with Crippen molar-refractivity contribution >= 4 is 0 Å². The third-order valence-electron chi connectivity index (χ3n) is 4.79. The summed E-state index contributed by atoms with van der Waals surface area (Å²) in [6.07, 6.45) is 8.89. The van der Waals surface area contributed by atoms with Gasteiger partial charge in [0.05, 0.1) is 0 Å². The molecule has 0 saturated carbocycles. The zero-order valence-corrected chi connectivity index (χ0v) is 16.9. The summed E-state index contributed by atoms with van der Waals surface area (Å²) >= 11 is -2.00. The average Bonchev–Trinajstić information content (AvgIpc) is 3.16. The number of allylic oxidation sites excluding steroid dienone is 4. The molecule has 0 radical (unpaired) electrons. The van der Waals surface area contributed by atoms with E-state index in [-0.39, 0.29) is 12.4 Å². The van der Waals surface area contributed by atoms with E-state index in [1.165, 1.54) is 22.5 Å². The summed E-state index contributed by atoms with van der Waals surface area (Å²) in [5, 5.41) is 9.75. The van der Waals surface area contributed by atoms with Crippen LogP contribution in [0.15, 0.2) is 24.3 Å². The van der Waals surface area contributed by atoms with E-state index < -0.39 is 18.4 Å². The van der Waals surface area contributed by atoms with Gasteiger partial charge in [0.1, 0.15) is 0 Å². The van der Waals surface area contributed by atoms with Crippen molar-refractivity contribution in [3.8, 4) is 0 Å². The number of nitrogens with zero attached hydrogens (tertiary/aromatic N) is 4. The van der Waals surface area contributed by atoms with Gasteiger partial charge >= 0.3 is 139 Å². The first-order valence-corrected chi connectivity index (χ1v) is 10.00. The van der Waals surface area contributed by atoms with Gasteiger partial charge in [-0.3, -0.25) is 0 Å². The predicted molar refractivity (Wildman–Crippen MR) is 85.7 cm³/mol. The van der Waals surface area contributed by atoms with E-state index in [0.717, 1.165) is 11.4 Å². The van der Waals surface area contributed by atoms with Crippen molar-refractivity contribution in [2.24, 2.45) is 0 Å². The number of aromatic nitrogens is 4. The number of rotatable bonds is 3. The van der Waals surface area contributed by atoms with Crippen molar-refractivity contribution in [3.05, 3.63) is 58.2 Å². The normalized spacial score (nSPS) is 13.7. The molecule has 2 heterocycles. The Bertz CT molecular complexity index is 721. The van der Waals surface area contributed by atoms with E-state index in [2.05, 4.69) is 72.2 Å². The summed E-state index contributed by atoms with van der Waals surface area (Å²) in [4.78, 5) is 0. The second-order valence-electron chi connectivity index (χ2n) is 6.07. The second kappa shape index (κ2) is 6.80. The van der Waals surface area contributed by atoms with E-state index in [1.807, 2.05) is 0 Å². The van der Waals surface area contributed by atoms with Crippen LogP contribution in [0.4, 0.5) is 0 Å². The number of hydrogen-bond acceptors (Lipinski definition) is 2. The van der Waals surface area contributed by atoms with Crippen molar-refractivity contribution in [2.45, 2.75) is 45.8 Å². The molecule has 23 heavy (non-hydrogen) atoms. The summed E-state index contributed by atoms with van der Waals surface area (Å²) in [6, 6.07) is 0. The van der Waals surface area contributed by atoms with Gasteiger partial charge in [-0.25, -0.2) is 0 Å². The Morgan fingerprint density at radius 3 is 1.48 bits per heavy atom. The smallest absolute Gasteiger partial charge is 1.00 e. The third-order valence-corrected chi connectivity index (χ3v) is 9.03. The molecule has 0 saturated heterocycles. The SMILES string of the molecule is Cc1n[n]([Ti+]([CH]2C=CC=C2)[n]2nc(C)c(C)c2C)c(C)c1C.[Cl-]. The Balaban J connectivity index is 0.00000192. The summed E-state index contributed by atoms with van der Waals surface area (Å²) in [6.45, 7) is 12.9. The molecule has 1 aliphatic carbocycles. The molecule has 0 aliphatic heterocycles. The molecule has 0 fully saturated rings. The zero-order valence-electron chi connectivity index (χ0n) is 14.6. The van der Waals surface area contributed by atoms with Gasteiger partial charge in [0.2, 0.25) is 0 Å². The van der Waals surface area contributed by atoms with Crippen LogP contribution < -0.4 is 12.4 Å². The second-order valence-corrected chi connectivity index (χ2v) is 9.55. The van der Waals surface area contributed by atoms with E-state index in [1.54, 1.807) is 0 Å². The van der Waals surface area contributed by atoms with Gasteiger partial charge in [0, 0.05) is 0 Å². The van der Waals surface area contributed by atoms with Gasteiger partial charge in [0.25, 0.3) is 0 Å². The maximum Gasteiger partial charge on any atom is -1.00 e. The third kappa shape index (κ3) is 3.00. The molecule has 2 aromatic rings. The largest absolute Gasteiger partial charge is 1.00 e. The first-order chi connectivity index (χ1) is 10.4. The fraction of sp³-hybridized carbons (Fsp3) is 0.412. The number of halogens is 1. The molecule has 0 unspecified atom stereocenters. The quantitative estimate of drug-likeness (QED) is 0.750. The van der Waals surface area contributed by atoms with Gasteiger partial charge in [-0.1, -0.05) is 0 Å². The van der Waals surface area contributed by atoms with Crippen LogP contribution >= 0.6 is 0 Å². The van der Waals surface area contributed by atoms with Crippen molar-refractivity contribution in [1.29, 1.82) is 0 Å². The van der Waals surface area contributed by atoms with Crippen molar-refractivity contribution < 1.29 is 30.8 Å². The molecule has 0 N–H and O–H groups in total. The Hall–Kier alpha value is -1.10. The van der Waals surface area contributed by atoms with E-state index >= 15 is 0 Å². The van der Waals surface area contributed by atoms with Crippen molar-refractivity contribution in [2.75, 3.05) is 0 Å². The molecule has 3 rings (SSSR count). The maximum atomic E-state index is 4.87. The molecular formula is C17H23ClN4Ti. The van der Waals surface area contributed by atoms with E-state index in [0.29, 0.717) is 4.22 Å². The summed E-state index contributed by atoms with van der Waals surface area (Å²) < 4.78 is 5.04. The van der Waals surface area contributed by atoms with Gasteiger partial charge in [0.15, 0.2) is 0 Å². The van der Waals surface area contributed by atoms with Crippen LogP contribution in [0.25, 0.3) is 0 Å². The van der Waals surface area contributed by atoms with E-state index in [9.17, 15) is 0 Å². The Kier molecular flexibility index (Phi) is 5.39. The van der Waals surface area contributed by atoms with Gasteiger partial charge < -0.3 is 12.4 Å².